The molecule has 0 radical (unpaired) electrons. The number of aliphatic hydroxyl groups is 1. The van der Waals surface area contributed by atoms with Gasteiger partial charge in [-0.1, -0.05) is 0 Å². The number of halogens is 1. The Balaban J connectivity index is 1.96. The Morgan fingerprint density at radius 1 is 1.42 bits per heavy atom. The molecule has 0 bridgehead atoms. The lowest BCUT2D eigenvalue weighted by atomic mass is 9.91. The lowest BCUT2D eigenvalue weighted by Crippen LogP contribution is -2.58. The third kappa shape index (κ3) is 5.15. The van der Waals surface area contributed by atoms with Crippen LogP contribution in [0.1, 0.15) is 25.3 Å². The minimum Gasteiger partial charge on any atom is -0.497 e. The molecule has 1 aromatic rings. The highest BCUT2D eigenvalue weighted by Gasteiger charge is 2.41. The molecule has 1 aliphatic heterocycles. The molecule has 1 saturated heterocycles. The second-order valence-electron chi connectivity index (χ2n) is 6.48. The summed E-state index contributed by atoms with van der Waals surface area (Å²) in [6, 6.07) is 4.38. The largest absolute Gasteiger partial charge is 0.497 e. The summed E-state index contributed by atoms with van der Waals surface area (Å²) in [5.74, 6) is -0.453. The quantitative estimate of drug-likeness (QED) is 0.579. The normalized spacial score (nSPS) is 20.2. The summed E-state index contributed by atoms with van der Waals surface area (Å²) in [6.07, 6.45) is 0.970. The monoisotopic (exact) mass is 367 g/mol. The van der Waals surface area contributed by atoms with E-state index in [1.54, 1.807) is 6.07 Å². The molecule has 2 amide bonds. The summed E-state index contributed by atoms with van der Waals surface area (Å²) in [6.45, 7) is 2.91. The molecule has 1 unspecified atom stereocenters. The Morgan fingerprint density at radius 3 is 2.88 bits per heavy atom. The second-order valence-corrected chi connectivity index (χ2v) is 6.48. The fraction of sp³-hybridized carbons (Fsp3) is 0.556. The van der Waals surface area contributed by atoms with Crippen LogP contribution < -0.4 is 15.4 Å². The first-order valence-corrected chi connectivity index (χ1v) is 8.65. The average Bonchev–Trinajstić information content (AvgIpc) is 2.60. The van der Waals surface area contributed by atoms with Crippen LogP contribution in [0.4, 0.5) is 4.39 Å². The van der Waals surface area contributed by atoms with Gasteiger partial charge in [0.2, 0.25) is 5.91 Å². The molecule has 0 saturated carbocycles. The van der Waals surface area contributed by atoms with E-state index in [4.69, 9.17) is 4.74 Å². The van der Waals surface area contributed by atoms with E-state index >= 15 is 0 Å². The third-order valence-corrected chi connectivity index (χ3v) is 4.41. The van der Waals surface area contributed by atoms with Crippen molar-refractivity contribution in [1.29, 1.82) is 0 Å². The molecule has 1 aliphatic rings. The molecule has 2 rings (SSSR count). The summed E-state index contributed by atoms with van der Waals surface area (Å²) in [5, 5.41) is 16.3. The van der Waals surface area contributed by atoms with Gasteiger partial charge < -0.3 is 25.4 Å². The number of amides is 2. The van der Waals surface area contributed by atoms with Gasteiger partial charge in [0, 0.05) is 45.2 Å². The van der Waals surface area contributed by atoms with Crippen molar-refractivity contribution >= 4 is 11.8 Å². The zero-order chi connectivity index (χ0) is 19.2. The number of nitrogens with one attached hydrogen (secondary N) is 2. The minimum absolute atomic E-state index is 0.0794. The van der Waals surface area contributed by atoms with Crippen LogP contribution in [0.25, 0.3) is 0 Å². The Bertz CT molecular complexity index is 655. The number of rotatable bonds is 8. The molecule has 0 spiro atoms. The van der Waals surface area contributed by atoms with Crippen molar-refractivity contribution in [1.82, 2.24) is 15.5 Å². The van der Waals surface area contributed by atoms with Crippen molar-refractivity contribution in [2.75, 3.05) is 33.3 Å². The van der Waals surface area contributed by atoms with Gasteiger partial charge in [-0.25, -0.2) is 4.39 Å². The van der Waals surface area contributed by atoms with Gasteiger partial charge >= 0.3 is 0 Å². The fourth-order valence-electron chi connectivity index (χ4n) is 3.01. The van der Waals surface area contributed by atoms with Gasteiger partial charge in [0.1, 0.15) is 11.6 Å². The lowest BCUT2D eigenvalue weighted by Gasteiger charge is -2.38. The van der Waals surface area contributed by atoms with Crippen LogP contribution in [-0.4, -0.2) is 60.7 Å². The van der Waals surface area contributed by atoms with Crippen LogP contribution in [0.15, 0.2) is 18.2 Å². The summed E-state index contributed by atoms with van der Waals surface area (Å²) in [5.41, 5.74) is -1.18. The van der Waals surface area contributed by atoms with E-state index in [1.807, 2.05) is 0 Å². The van der Waals surface area contributed by atoms with Gasteiger partial charge in [-0.05, 0) is 31.0 Å². The molecule has 1 heterocycles. The predicted octanol–water partition coefficient (Wildman–Crippen LogP) is 0.413. The number of piperidine rings is 1. The smallest absolute Gasteiger partial charge is 0.256 e. The maximum Gasteiger partial charge on any atom is 0.256 e. The molecule has 1 atom stereocenters. The Kier molecular flexibility index (Phi) is 6.93. The number of likely N-dealkylation sites (tertiary alicyclic amines) is 1. The number of hydrogen-bond donors (Lipinski definition) is 3. The van der Waals surface area contributed by atoms with Crippen LogP contribution in [-0.2, 0) is 16.1 Å². The SMILES string of the molecule is COc1ccc(F)c(CN2CCCC(O)(CNCCNC(C)=O)C2=O)c1. The summed E-state index contributed by atoms with van der Waals surface area (Å²) in [4.78, 5) is 25.0. The number of methoxy groups -OCH3 is 1. The highest BCUT2D eigenvalue weighted by Crippen LogP contribution is 2.25. The van der Waals surface area contributed by atoms with Gasteiger partial charge in [-0.3, -0.25) is 9.59 Å². The van der Waals surface area contributed by atoms with Crippen molar-refractivity contribution in [3.63, 3.8) is 0 Å². The summed E-state index contributed by atoms with van der Waals surface area (Å²) < 4.78 is 19.1. The van der Waals surface area contributed by atoms with E-state index in [0.717, 1.165) is 0 Å². The van der Waals surface area contributed by atoms with Gasteiger partial charge in [0.25, 0.3) is 5.91 Å². The molecule has 7 nitrogen and oxygen atoms in total. The molecule has 1 fully saturated rings. The van der Waals surface area contributed by atoms with E-state index in [1.165, 1.54) is 31.1 Å². The number of carbonyl (C=O) groups excluding carboxylic acids is 2. The number of benzene rings is 1. The number of ether oxygens (including phenoxy) is 1. The number of nitrogens with zero attached hydrogens (tertiary/aromatic N) is 1. The highest BCUT2D eigenvalue weighted by molar-refractivity contribution is 5.86. The zero-order valence-electron chi connectivity index (χ0n) is 15.2. The zero-order valence-corrected chi connectivity index (χ0v) is 15.2. The first-order valence-electron chi connectivity index (χ1n) is 8.65. The van der Waals surface area contributed by atoms with E-state index in [9.17, 15) is 19.1 Å². The van der Waals surface area contributed by atoms with Gasteiger partial charge in [-0.2, -0.15) is 0 Å². The topological polar surface area (TPSA) is 90.9 Å². The van der Waals surface area contributed by atoms with Crippen LogP contribution in [0, 0.1) is 5.82 Å². The molecule has 26 heavy (non-hydrogen) atoms. The molecule has 1 aromatic carbocycles. The minimum atomic E-state index is -1.52. The fourth-order valence-corrected chi connectivity index (χ4v) is 3.01. The maximum absolute atomic E-state index is 14.0. The molecular formula is C18H26FN3O4. The summed E-state index contributed by atoms with van der Waals surface area (Å²) >= 11 is 0. The van der Waals surface area contributed by atoms with E-state index in [0.29, 0.717) is 43.8 Å². The van der Waals surface area contributed by atoms with Crippen molar-refractivity contribution in [2.24, 2.45) is 0 Å². The lowest BCUT2D eigenvalue weighted by molar-refractivity contribution is -0.157. The number of carbonyl (C=O) groups is 2. The standard InChI is InChI=1S/C18H26FN3O4/c1-13(23)21-8-7-20-12-18(25)6-3-9-22(17(18)24)11-14-10-15(26-2)4-5-16(14)19/h4-5,10,20,25H,3,6-9,11-12H2,1-2H3,(H,21,23). The molecule has 8 heteroatoms. The van der Waals surface area contributed by atoms with E-state index in [-0.39, 0.29) is 19.0 Å². The van der Waals surface area contributed by atoms with E-state index in [2.05, 4.69) is 10.6 Å². The van der Waals surface area contributed by atoms with Crippen LogP contribution in [0.2, 0.25) is 0 Å². The van der Waals surface area contributed by atoms with Gasteiger partial charge in [0.05, 0.1) is 7.11 Å². The Labute approximate surface area is 152 Å². The Morgan fingerprint density at radius 2 is 2.19 bits per heavy atom. The third-order valence-electron chi connectivity index (χ3n) is 4.41. The second kappa shape index (κ2) is 8.95. The van der Waals surface area contributed by atoms with Gasteiger partial charge in [-0.15, -0.1) is 0 Å². The number of hydrogen-bond acceptors (Lipinski definition) is 5. The first kappa shape index (κ1) is 20.1. The molecule has 144 valence electrons. The average molecular weight is 367 g/mol. The highest BCUT2D eigenvalue weighted by atomic mass is 19.1. The molecule has 0 aliphatic carbocycles. The van der Waals surface area contributed by atoms with Crippen LogP contribution >= 0.6 is 0 Å². The molecule has 0 aromatic heterocycles. The van der Waals surface area contributed by atoms with Crippen molar-refractivity contribution in [3.8, 4) is 5.75 Å². The predicted molar refractivity (Wildman–Crippen MR) is 94.1 cm³/mol. The maximum atomic E-state index is 14.0. The van der Waals surface area contributed by atoms with Crippen LogP contribution in [0.5, 0.6) is 5.75 Å². The molecular weight excluding hydrogens is 341 g/mol. The van der Waals surface area contributed by atoms with Crippen molar-refractivity contribution in [3.05, 3.63) is 29.6 Å². The van der Waals surface area contributed by atoms with Gasteiger partial charge in [0.15, 0.2) is 5.60 Å². The molecule has 3 N–H and O–H groups in total. The van der Waals surface area contributed by atoms with E-state index < -0.39 is 17.3 Å². The van der Waals surface area contributed by atoms with Crippen molar-refractivity contribution < 1.29 is 23.8 Å². The van der Waals surface area contributed by atoms with Crippen molar-refractivity contribution in [2.45, 2.75) is 31.9 Å². The van der Waals surface area contributed by atoms with Crippen LogP contribution in [0.3, 0.4) is 0 Å². The first-order chi connectivity index (χ1) is 12.4. The summed E-state index contributed by atoms with van der Waals surface area (Å²) in [7, 11) is 1.49. The Hall–Kier alpha value is -2.19.